The van der Waals surface area contributed by atoms with E-state index in [0.29, 0.717) is 19.4 Å². The third-order valence-corrected chi connectivity index (χ3v) is 4.74. The highest BCUT2D eigenvalue weighted by molar-refractivity contribution is 5.99. The van der Waals surface area contributed by atoms with Gasteiger partial charge in [-0.15, -0.1) is 0 Å². The number of nitrogens with zero attached hydrogens (tertiary/aromatic N) is 3. The first kappa shape index (κ1) is 19.9. The van der Waals surface area contributed by atoms with E-state index in [1.165, 1.54) is 18.2 Å². The maximum Gasteiger partial charge on any atom is 0.416 e. The SMILES string of the molecule is Cn1cc(/C=C/C(=O)N2CCCC(C(=O)c3ccc(C(F)(F)F)cc3)C2)cn1. The summed E-state index contributed by atoms with van der Waals surface area (Å²) in [6.45, 7) is 0.809. The van der Waals surface area contributed by atoms with Crippen molar-refractivity contribution in [1.82, 2.24) is 14.7 Å². The predicted molar refractivity (Wildman–Crippen MR) is 97.3 cm³/mol. The molecule has 0 bridgehead atoms. The molecule has 1 unspecified atom stereocenters. The van der Waals surface area contributed by atoms with Gasteiger partial charge in [0, 0.05) is 49.5 Å². The first-order valence-corrected chi connectivity index (χ1v) is 8.91. The Hall–Kier alpha value is -2.90. The quantitative estimate of drug-likeness (QED) is 0.591. The number of aryl methyl sites for hydroxylation is 1. The molecule has 0 aliphatic carbocycles. The number of carbonyl (C=O) groups excluding carboxylic acids is 2. The summed E-state index contributed by atoms with van der Waals surface area (Å²) < 4.78 is 39.6. The van der Waals surface area contributed by atoms with E-state index in [1.807, 2.05) is 0 Å². The smallest absolute Gasteiger partial charge is 0.338 e. The van der Waals surface area contributed by atoms with Crippen molar-refractivity contribution < 1.29 is 22.8 Å². The molecule has 1 aromatic heterocycles. The van der Waals surface area contributed by atoms with Gasteiger partial charge in [0.05, 0.1) is 11.8 Å². The largest absolute Gasteiger partial charge is 0.416 e. The van der Waals surface area contributed by atoms with Crippen molar-refractivity contribution in [3.05, 3.63) is 59.4 Å². The van der Waals surface area contributed by atoms with Crippen LogP contribution in [0.15, 0.2) is 42.7 Å². The fourth-order valence-corrected chi connectivity index (χ4v) is 3.25. The standard InChI is InChI=1S/C20H20F3N3O2/c1-25-12-14(11-24-25)4-9-18(27)26-10-2-3-16(13-26)19(28)15-5-7-17(8-6-15)20(21,22)23/h4-9,11-12,16H,2-3,10,13H2,1H3/b9-4+. The van der Waals surface area contributed by atoms with Crippen molar-refractivity contribution in [3.8, 4) is 0 Å². The number of likely N-dealkylation sites (tertiary alicyclic amines) is 1. The van der Waals surface area contributed by atoms with Gasteiger partial charge < -0.3 is 4.90 Å². The predicted octanol–water partition coefficient (Wildman–Crippen LogP) is 3.57. The number of piperidine rings is 1. The van der Waals surface area contributed by atoms with Crippen LogP contribution >= 0.6 is 0 Å². The van der Waals surface area contributed by atoms with Gasteiger partial charge in [-0.25, -0.2) is 0 Å². The molecular weight excluding hydrogens is 371 g/mol. The van der Waals surface area contributed by atoms with Crippen molar-refractivity contribution in [1.29, 1.82) is 0 Å². The highest BCUT2D eigenvalue weighted by Gasteiger charge is 2.32. The first-order valence-electron chi connectivity index (χ1n) is 8.91. The van der Waals surface area contributed by atoms with Crippen molar-refractivity contribution in [2.45, 2.75) is 19.0 Å². The molecule has 0 N–H and O–H groups in total. The van der Waals surface area contributed by atoms with Crippen LogP contribution in [0.4, 0.5) is 13.2 Å². The number of Topliss-reactive ketones (excluding diaryl/α,β-unsaturated/α-hetero) is 1. The summed E-state index contributed by atoms with van der Waals surface area (Å²) in [4.78, 5) is 26.7. The Labute approximate surface area is 160 Å². The molecule has 1 atom stereocenters. The van der Waals surface area contributed by atoms with Crippen molar-refractivity contribution in [2.24, 2.45) is 13.0 Å². The number of benzene rings is 1. The van der Waals surface area contributed by atoms with Gasteiger partial charge in [0.25, 0.3) is 0 Å². The molecule has 2 heterocycles. The Morgan fingerprint density at radius 2 is 1.93 bits per heavy atom. The van der Waals surface area contributed by atoms with Crippen LogP contribution in [0.2, 0.25) is 0 Å². The average molecular weight is 391 g/mol. The summed E-state index contributed by atoms with van der Waals surface area (Å²) >= 11 is 0. The second-order valence-electron chi connectivity index (χ2n) is 6.84. The number of alkyl halides is 3. The monoisotopic (exact) mass is 391 g/mol. The van der Waals surface area contributed by atoms with Crippen LogP contribution in [0, 0.1) is 5.92 Å². The van der Waals surface area contributed by atoms with Crippen LogP contribution < -0.4 is 0 Å². The lowest BCUT2D eigenvalue weighted by Gasteiger charge is -2.31. The van der Waals surface area contributed by atoms with E-state index in [1.54, 1.807) is 35.1 Å². The molecule has 0 spiro atoms. The molecule has 28 heavy (non-hydrogen) atoms. The molecule has 1 aliphatic heterocycles. The molecule has 1 aliphatic rings. The summed E-state index contributed by atoms with van der Waals surface area (Å²) in [5, 5.41) is 4.02. The van der Waals surface area contributed by atoms with Crippen LogP contribution in [-0.4, -0.2) is 39.5 Å². The zero-order chi connectivity index (χ0) is 20.3. The maximum absolute atomic E-state index is 12.7. The van der Waals surface area contributed by atoms with Gasteiger partial charge in [0.15, 0.2) is 5.78 Å². The second kappa shape index (κ2) is 8.00. The van der Waals surface area contributed by atoms with E-state index < -0.39 is 17.7 Å². The molecule has 8 heteroatoms. The van der Waals surface area contributed by atoms with Gasteiger partial charge in [-0.05, 0) is 31.1 Å². The molecule has 2 aromatic rings. The Morgan fingerprint density at radius 1 is 1.21 bits per heavy atom. The van der Waals surface area contributed by atoms with Crippen molar-refractivity contribution >= 4 is 17.8 Å². The van der Waals surface area contributed by atoms with Gasteiger partial charge in [0.2, 0.25) is 5.91 Å². The summed E-state index contributed by atoms with van der Waals surface area (Å²) in [6.07, 6.45) is 3.36. The number of halogens is 3. The molecule has 5 nitrogen and oxygen atoms in total. The lowest BCUT2D eigenvalue weighted by molar-refractivity contribution is -0.137. The van der Waals surface area contributed by atoms with Crippen LogP contribution in [0.25, 0.3) is 6.08 Å². The van der Waals surface area contributed by atoms with Crippen LogP contribution in [0.5, 0.6) is 0 Å². The number of hydrogen-bond acceptors (Lipinski definition) is 3. The zero-order valence-electron chi connectivity index (χ0n) is 15.3. The topological polar surface area (TPSA) is 55.2 Å². The number of aromatic nitrogens is 2. The van der Waals surface area contributed by atoms with Crippen molar-refractivity contribution in [2.75, 3.05) is 13.1 Å². The lowest BCUT2D eigenvalue weighted by atomic mass is 9.89. The third-order valence-electron chi connectivity index (χ3n) is 4.74. The molecule has 148 valence electrons. The van der Waals surface area contributed by atoms with Gasteiger partial charge in [0.1, 0.15) is 0 Å². The zero-order valence-corrected chi connectivity index (χ0v) is 15.3. The van der Waals surface area contributed by atoms with E-state index >= 15 is 0 Å². The minimum Gasteiger partial charge on any atom is -0.338 e. The molecule has 1 saturated heterocycles. The number of hydrogen-bond donors (Lipinski definition) is 0. The number of ketones is 1. The summed E-state index contributed by atoms with van der Waals surface area (Å²) in [5.74, 6) is -0.850. The molecule has 0 saturated carbocycles. The van der Waals surface area contributed by atoms with Crippen LogP contribution in [0.3, 0.4) is 0 Å². The fourth-order valence-electron chi connectivity index (χ4n) is 3.25. The van der Waals surface area contributed by atoms with Crippen molar-refractivity contribution in [3.63, 3.8) is 0 Å². The molecule has 1 aromatic carbocycles. The number of carbonyl (C=O) groups is 2. The molecule has 0 radical (unpaired) electrons. The Morgan fingerprint density at radius 3 is 2.54 bits per heavy atom. The summed E-state index contributed by atoms with van der Waals surface area (Å²) in [5.41, 5.74) is 0.244. The molecular formula is C20H20F3N3O2. The Kier molecular flexibility index (Phi) is 5.67. The molecule has 1 amide bonds. The average Bonchev–Trinajstić information content (AvgIpc) is 3.10. The molecule has 1 fully saturated rings. The minimum atomic E-state index is -4.43. The van der Waals surface area contributed by atoms with Gasteiger partial charge in [-0.1, -0.05) is 12.1 Å². The van der Waals surface area contributed by atoms with E-state index in [4.69, 9.17) is 0 Å². The summed E-state index contributed by atoms with van der Waals surface area (Å²) in [7, 11) is 1.78. The molecule has 3 rings (SSSR count). The minimum absolute atomic E-state index is 0.200. The summed E-state index contributed by atoms with van der Waals surface area (Å²) in [6, 6.07) is 4.23. The van der Waals surface area contributed by atoms with E-state index in [0.717, 1.165) is 17.7 Å². The van der Waals surface area contributed by atoms with Crippen LogP contribution in [-0.2, 0) is 18.0 Å². The first-order chi connectivity index (χ1) is 13.2. The fraction of sp³-hybridized carbons (Fsp3) is 0.350. The van der Waals surface area contributed by atoms with Crippen LogP contribution in [0.1, 0.15) is 34.3 Å². The third kappa shape index (κ3) is 4.68. The Balaban J connectivity index is 1.64. The highest BCUT2D eigenvalue weighted by Crippen LogP contribution is 2.30. The lowest BCUT2D eigenvalue weighted by Crippen LogP contribution is -2.41. The van der Waals surface area contributed by atoms with Gasteiger partial charge in [-0.3, -0.25) is 14.3 Å². The van der Waals surface area contributed by atoms with E-state index in [-0.39, 0.29) is 23.8 Å². The number of amides is 1. The normalized spacial score (nSPS) is 17.9. The van der Waals surface area contributed by atoms with Gasteiger partial charge >= 0.3 is 6.18 Å². The Bertz CT molecular complexity index is 885. The van der Waals surface area contributed by atoms with E-state index in [9.17, 15) is 22.8 Å². The number of rotatable bonds is 4. The highest BCUT2D eigenvalue weighted by atomic mass is 19.4. The maximum atomic E-state index is 12.7. The van der Waals surface area contributed by atoms with E-state index in [2.05, 4.69) is 5.10 Å². The second-order valence-corrected chi connectivity index (χ2v) is 6.84. The van der Waals surface area contributed by atoms with Gasteiger partial charge in [-0.2, -0.15) is 18.3 Å².